The summed E-state index contributed by atoms with van der Waals surface area (Å²) in [6, 6.07) is 12.0. The number of aromatic nitrogens is 2. The molecule has 1 atom stereocenters. The summed E-state index contributed by atoms with van der Waals surface area (Å²) in [6.07, 6.45) is 6.26. The lowest BCUT2D eigenvalue weighted by Gasteiger charge is -2.24. The topological polar surface area (TPSA) is 54.1 Å². The molecule has 0 aliphatic carbocycles. The van der Waals surface area contributed by atoms with Crippen LogP contribution >= 0.6 is 0 Å². The van der Waals surface area contributed by atoms with E-state index in [2.05, 4.69) is 16.1 Å². The molecule has 1 aliphatic rings. The number of benzene rings is 1. The first-order valence-electron chi connectivity index (χ1n) is 7.70. The lowest BCUT2D eigenvalue weighted by molar-refractivity contribution is 0.182. The van der Waals surface area contributed by atoms with Crippen molar-refractivity contribution in [2.45, 2.75) is 25.4 Å². The Hall–Kier alpha value is -2.32. The van der Waals surface area contributed by atoms with E-state index in [1.807, 2.05) is 41.3 Å². The summed E-state index contributed by atoms with van der Waals surface area (Å²) < 4.78 is 7.78. The van der Waals surface area contributed by atoms with Crippen molar-refractivity contribution in [2.24, 2.45) is 0 Å². The predicted octanol–water partition coefficient (Wildman–Crippen LogP) is 2.30. The zero-order valence-corrected chi connectivity index (χ0v) is 12.6. The van der Waals surface area contributed by atoms with Crippen LogP contribution in [-0.4, -0.2) is 40.4 Å². The van der Waals surface area contributed by atoms with Crippen LogP contribution in [0.5, 0.6) is 5.75 Å². The van der Waals surface area contributed by atoms with Gasteiger partial charge in [-0.05, 0) is 37.6 Å². The van der Waals surface area contributed by atoms with E-state index >= 15 is 0 Å². The minimum Gasteiger partial charge on any atom is -0.491 e. The third-order valence-electron chi connectivity index (χ3n) is 4.10. The van der Waals surface area contributed by atoms with E-state index < -0.39 is 0 Å². The minimum absolute atomic E-state index is 0.523. The van der Waals surface area contributed by atoms with Gasteiger partial charge in [-0.3, -0.25) is 9.58 Å². The van der Waals surface area contributed by atoms with E-state index in [1.165, 1.54) is 12.8 Å². The molecule has 2 heterocycles. The zero-order valence-electron chi connectivity index (χ0n) is 12.6. The Morgan fingerprint density at radius 3 is 3.05 bits per heavy atom. The second kappa shape index (κ2) is 7.10. The standard InChI is InChI=1S/C17H20N4O/c18-13-15-5-1-2-7-17(15)22-12-11-20-9-3-6-16(20)14-21-10-4-8-19-21/h1-2,4-5,7-8,10,16H,3,6,9,11-12,14H2/t16-/m1/s1. The molecule has 114 valence electrons. The molecule has 1 aromatic carbocycles. The molecule has 3 rings (SSSR count). The van der Waals surface area contributed by atoms with Crippen molar-refractivity contribution in [3.63, 3.8) is 0 Å². The molecule has 1 aromatic heterocycles. The van der Waals surface area contributed by atoms with E-state index in [0.717, 1.165) is 19.6 Å². The minimum atomic E-state index is 0.523. The van der Waals surface area contributed by atoms with Crippen molar-refractivity contribution < 1.29 is 4.74 Å². The lowest BCUT2D eigenvalue weighted by Crippen LogP contribution is -2.36. The van der Waals surface area contributed by atoms with Crippen LogP contribution in [0, 0.1) is 11.3 Å². The molecule has 22 heavy (non-hydrogen) atoms. The van der Waals surface area contributed by atoms with Gasteiger partial charge in [0.25, 0.3) is 0 Å². The Kier molecular flexibility index (Phi) is 4.71. The highest BCUT2D eigenvalue weighted by Gasteiger charge is 2.24. The van der Waals surface area contributed by atoms with E-state index in [-0.39, 0.29) is 0 Å². The Morgan fingerprint density at radius 2 is 2.23 bits per heavy atom. The lowest BCUT2D eigenvalue weighted by atomic mass is 10.2. The number of rotatable bonds is 6. The van der Waals surface area contributed by atoms with Crippen molar-refractivity contribution in [3.8, 4) is 11.8 Å². The van der Waals surface area contributed by atoms with Gasteiger partial charge in [0.2, 0.25) is 0 Å². The Morgan fingerprint density at radius 1 is 1.32 bits per heavy atom. The van der Waals surface area contributed by atoms with Gasteiger partial charge < -0.3 is 4.74 Å². The fourth-order valence-corrected chi connectivity index (χ4v) is 2.98. The van der Waals surface area contributed by atoms with Crippen LogP contribution in [0.4, 0.5) is 0 Å². The fourth-order valence-electron chi connectivity index (χ4n) is 2.98. The smallest absolute Gasteiger partial charge is 0.137 e. The molecule has 5 nitrogen and oxygen atoms in total. The maximum Gasteiger partial charge on any atom is 0.137 e. The highest BCUT2D eigenvalue weighted by molar-refractivity contribution is 5.42. The first kappa shape index (κ1) is 14.6. The van der Waals surface area contributed by atoms with E-state index in [4.69, 9.17) is 10.00 Å². The van der Waals surface area contributed by atoms with Crippen LogP contribution in [0.1, 0.15) is 18.4 Å². The van der Waals surface area contributed by atoms with Crippen LogP contribution in [-0.2, 0) is 6.54 Å². The van der Waals surface area contributed by atoms with Crippen molar-refractivity contribution in [3.05, 3.63) is 48.3 Å². The van der Waals surface area contributed by atoms with Crippen molar-refractivity contribution in [1.29, 1.82) is 5.26 Å². The van der Waals surface area contributed by atoms with Crippen molar-refractivity contribution in [1.82, 2.24) is 14.7 Å². The van der Waals surface area contributed by atoms with Crippen LogP contribution in [0.15, 0.2) is 42.7 Å². The number of likely N-dealkylation sites (tertiary alicyclic amines) is 1. The molecule has 0 unspecified atom stereocenters. The Labute approximate surface area is 130 Å². The summed E-state index contributed by atoms with van der Waals surface area (Å²) in [5, 5.41) is 13.4. The van der Waals surface area contributed by atoms with Gasteiger partial charge in [-0.25, -0.2) is 0 Å². The van der Waals surface area contributed by atoms with Gasteiger partial charge in [-0.1, -0.05) is 12.1 Å². The molecular formula is C17H20N4O. The first-order valence-corrected chi connectivity index (χ1v) is 7.70. The van der Waals surface area contributed by atoms with Gasteiger partial charge in [-0.15, -0.1) is 0 Å². The molecule has 1 aliphatic heterocycles. The number of para-hydroxylation sites is 1. The number of hydrogen-bond donors (Lipinski definition) is 0. The third-order valence-corrected chi connectivity index (χ3v) is 4.10. The quantitative estimate of drug-likeness (QED) is 0.821. The van der Waals surface area contributed by atoms with Gasteiger partial charge in [0.05, 0.1) is 12.1 Å². The van der Waals surface area contributed by atoms with E-state index in [9.17, 15) is 0 Å². The van der Waals surface area contributed by atoms with Crippen LogP contribution < -0.4 is 4.74 Å². The summed E-state index contributed by atoms with van der Waals surface area (Å²) in [5.74, 6) is 0.674. The molecule has 0 amide bonds. The summed E-state index contributed by atoms with van der Waals surface area (Å²) in [4.78, 5) is 2.46. The molecular weight excluding hydrogens is 276 g/mol. The van der Waals surface area contributed by atoms with Crippen LogP contribution in [0.2, 0.25) is 0 Å². The van der Waals surface area contributed by atoms with Gasteiger partial charge in [-0.2, -0.15) is 10.4 Å². The molecule has 0 N–H and O–H groups in total. The number of hydrogen-bond acceptors (Lipinski definition) is 4. The molecule has 0 bridgehead atoms. The monoisotopic (exact) mass is 296 g/mol. The van der Waals surface area contributed by atoms with Crippen molar-refractivity contribution in [2.75, 3.05) is 19.7 Å². The first-order chi connectivity index (χ1) is 10.9. The maximum atomic E-state index is 9.06. The Balaban J connectivity index is 1.51. The molecule has 0 spiro atoms. The molecule has 0 saturated carbocycles. The van der Waals surface area contributed by atoms with Gasteiger partial charge >= 0.3 is 0 Å². The maximum absolute atomic E-state index is 9.06. The molecule has 1 saturated heterocycles. The third kappa shape index (κ3) is 3.46. The molecule has 1 fully saturated rings. The van der Waals surface area contributed by atoms with E-state index in [0.29, 0.717) is 24.0 Å². The predicted molar refractivity (Wildman–Crippen MR) is 83.5 cm³/mol. The number of ether oxygens (including phenoxy) is 1. The Bertz CT molecular complexity index is 632. The average Bonchev–Trinajstić information content (AvgIpc) is 3.21. The number of nitrogens with zero attached hydrogens (tertiary/aromatic N) is 4. The molecule has 0 radical (unpaired) electrons. The largest absolute Gasteiger partial charge is 0.491 e. The number of nitriles is 1. The summed E-state index contributed by atoms with van der Waals surface area (Å²) in [7, 11) is 0. The van der Waals surface area contributed by atoms with Gasteiger partial charge in [0.1, 0.15) is 18.4 Å². The van der Waals surface area contributed by atoms with Crippen molar-refractivity contribution >= 4 is 0 Å². The van der Waals surface area contributed by atoms with Crippen LogP contribution in [0.25, 0.3) is 0 Å². The highest BCUT2D eigenvalue weighted by Crippen LogP contribution is 2.20. The second-order valence-electron chi connectivity index (χ2n) is 5.52. The van der Waals surface area contributed by atoms with E-state index in [1.54, 1.807) is 6.07 Å². The molecule has 5 heteroatoms. The summed E-state index contributed by atoms with van der Waals surface area (Å²) in [5.41, 5.74) is 0.594. The summed E-state index contributed by atoms with van der Waals surface area (Å²) in [6.45, 7) is 3.52. The zero-order chi connectivity index (χ0) is 15.2. The van der Waals surface area contributed by atoms with Crippen LogP contribution in [0.3, 0.4) is 0 Å². The second-order valence-corrected chi connectivity index (χ2v) is 5.52. The SMILES string of the molecule is N#Cc1ccccc1OCCN1CCC[C@@H]1Cn1cccn1. The van der Waals surface area contributed by atoms with Gasteiger partial charge in [0.15, 0.2) is 0 Å². The summed E-state index contributed by atoms with van der Waals surface area (Å²) >= 11 is 0. The average molecular weight is 296 g/mol. The normalized spacial score (nSPS) is 18.2. The fraction of sp³-hybridized carbons (Fsp3) is 0.412. The van der Waals surface area contributed by atoms with Gasteiger partial charge in [0, 0.05) is 25.0 Å². The molecule has 2 aromatic rings. The highest BCUT2D eigenvalue weighted by atomic mass is 16.5.